The van der Waals surface area contributed by atoms with Crippen molar-refractivity contribution < 1.29 is 9.53 Å². The van der Waals surface area contributed by atoms with Crippen LogP contribution < -0.4 is 5.73 Å². The molecule has 0 fully saturated rings. The summed E-state index contributed by atoms with van der Waals surface area (Å²) in [7, 11) is 1.36. The van der Waals surface area contributed by atoms with Crippen molar-refractivity contribution in [1.29, 1.82) is 0 Å². The van der Waals surface area contributed by atoms with Gasteiger partial charge in [0.25, 0.3) is 0 Å². The molecular weight excluding hydrogens is 254 g/mol. The number of rotatable bonds is 3. The van der Waals surface area contributed by atoms with Gasteiger partial charge in [0.05, 0.1) is 12.8 Å². The van der Waals surface area contributed by atoms with E-state index in [0.717, 1.165) is 11.3 Å². The second-order valence-electron chi connectivity index (χ2n) is 3.52. The number of ether oxygens (including phenoxy) is 1. The second kappa shape index (κ2) is 4.89. The van der Waals surface area contributed by atoms with E-state index in [4.69, 9.17) is 10.5 Å². The van der Waals surface area contributed by atoms with E-state index in [-0.39, 0.29) is 5.97 Å². The van der Waals surface area contributed by atoms with Gasteiger partial charge in [0.2, 0.25) is 0 Å². The highest BCUT2D eigenvalue weighted by atomic mass is 32.1. The minimum absolute atomic E-state index is 0.367. The average molecular weight is 267 g/mol. The van der Waals surface area contributed by atoms with Crippen molar-refractivity contribution in [3.05, 3.63) is 28.0 Å². The number of carbonyl (C=O) groups excluding carboxylic acids is 1. The fraction of sp³-hybridized carbons (Fsp3) is 0.250. The monoisotopic (exact) mass is 267 g/mol. The summed E-state index contributed by atoms with van der Waals surface area (Å²) in [5.74, 6) is -0.367. The maximum absolute atomic E-state index is 11.5. The van der Waals surface area contributed by atoms with Crippen LogP contribution in [-0.4, -0.2) is 13.1 Å². The van der Waals surface area contributed by atoms with Gasteiger partial charge in [0.1, 0.15) is 4.88 Å². The molecule has 2 aromatic heterocycles. The predicted octanol–water partition coefficient (Wildman–Crippen LogP) is 3.41. The molecule has 2 aromatic rings. The van der Waals surface area contributed by atoms with Crippen molar-refractivity contribution in [2.75, 3.05) is 12.8 Å². The molecule has 17 heavy (non-hydrogen) atoms. The minimum atomic E-state index is -0.367. The standard InChI is InChI=1S/C12H13NO2S2/c1-3-7-4-5-16-10(7)9-6-8(13)11(17-9)12(14)15-2/h4-6H,3,13H2,1-2H3. The maximum Gasteiger partial charge on any atom is 0.350 e. The fourth-order valence-corrected chi connectivity index (χ4v) is 3.75. The SMILES string of the molecule is CCc1ccsc1-c1cc(N)c(C(=O)OC)s1. The summed E-state index contributed by atoms with van der Waals surface area (Å²) in [6.45, 7) is 2.11. The first-order valence-corrected chi connectivity index (χ1v) is 6.91. The van der Waals surface area contributed by atoms with Crippen molar-refractivity contribution in [3.63, 3.8) is 0 Å². The second-order valence-corrected chi connectivity index (χ2v) is 5.48. The van der Waals surface area contributed by atoms with Crippen LogP contribution in [0.2, 0.25) is 0 Å². The Morgan fingerprint density at radius 2 is 2.29 bits per heavy atom. The summed E-state index contributed by atoms with van der Waals surface area (Å²) in [5, 5.41) is 2.06. The van der Waals surface area contributed by atoms with Crippen molar-refractivity contribution in [2.24, 2.45) is 0 Å². The van der Waals surface area contributed by atoms with E-state index in [2.05, 4.69) is 18.4 Å². The zero-order valence-corrected chi connectivity index (χ0v) is 11.3. The summed E-state index contributed by atoms with van der Waals surface area (Å²) in [5.41, 5.74) is 7.61. The molecule has 0 aliphatic rings. The van der Waals surface area contributed by atoms with Crippen LogP contribution in [0.5, 0.6) is 0 Å². The van der Waals surface area contributed by atoms with Crippen LogP contribution >= 0.6 is 22.7 Å². The lowest BCUT2D eigenvalue weighted by molar-refractivity contribution is 0.0607. The molecule has 0 saturated carbocycles. The number of carbonyl (C=O) groups is 1. The molecule has 0 aliphatic heterocycles. The lowest BCUT2D eigenvalue weighted by Gasteiger charge is -1.96. The van der Waals surface area contributed by atoms with Gasteiger partial charge in [-0.1, -0.05) is 6.92 Å². The van der Waals surface area contributed by atoms with Gasteiger partial charge in [-0.2, -0.15) is 0 Å². The van der Waals surface area contributed by atoms with Crippen LogP contribution in [-0.2, 0) is 11.2 Å². The van der Waals surface area contributed by atoms with Crippen LogP contribution in [0.15, 0.2) is 17.5 Å². The molecule has 0 aliphatic carbocycles. The molecule has 2 rings (SSSR count). The van der Waals surface area contributed by atoms with Gasteiger partial charge >= 0.3 is 5.97 Å². The summed E-state index contributed by atoms with van der Waals surface area (Å²) in [4.78, 5) is 14.2. The lowest BCUT2D eigenvalue weighted by Crippen LogP contribution is -2.00. The Kier molecular flexibility index (Phi) is 3.49. The third-order valence-electron chi connectivity index (χ3n) is 2.48. The molecule has 0 aromatic carbocycles. The number of nitrogen functional groups attached to an aromatic ring is 1. The van der Waals surface area contributed by atoms with Gasteiger partial charge in [0.15, 0.2) is 0 Å². The highest BCUT2D eigenvalue weighted by molar-refractivity contribution is 7.22. The van der Waals surface area contributed by atoms with Gasteiger partial charge in [-0.25, -0.2) is 4.79 Å². The Balaban J connectivity index is 2.44. The summed E-state index contributed by atoms with van der Waals surface area (Å²) in [6, 6.07) is 3.95. The molecule has 0 unspecified atom stereocenters. The zero-order valence-electron chi connectivity index (χ0n) is 9.65. The zero-order chi connectivity index (χ0) is 12.4. The predicted molar refractivity (Wildman–Crippen MR) is 72.8 cm³/mol. The summed E-state index contributed by atoms with van der Waals surface area (Å²) >= 11 is 3.06. The molecular formula is C12H13NO2S2. The third kappa shape index (κ3) is 2.21. The van der Waals surface area contributed by atoms with Crippen LogP contribution in [0.1, 0.15) is 22.2 Å². The molecule has 2 N–H and O–H groups in total. The van der Waals surface area contributed by atoms with Crippen molar-refractivity contribution in [3.8, 4) is 9.75 Å². The van der Waals surface area contributed by atoms with E-state index in [1.165, 1.54) is 28.9 Å². The molecule has 0 atom stereocenters. The molecule has 3 nitrogen and oxygen atoms in total. The van der Waals surface area contributed by atoms with Crippen molar-refractivity contribution >= 4 is 34.3 Å². The van der Waals surface area contributed by atoms with Gasteiger partial charge in [0, 0.05) is 9.75 Å². The maximum atomic E-state index is 11.5. The number of methoxy groups -OCH3 is 1. The number of thiophene rings is 2. The summed E-state index contributed by atoms with van der Waals surface area (Å²) < 4.78 is 4.70. The molecule has 0 saturated heterocycles. The van der Waals surface area contributed by atoms with E-state index in [1.54, 1.807) is 11.3 Å². The molecule has 2 heterocycles. The minimum Gasteiger partial charge on any atom is -0.465 e. The third-order valence-corrected chi connectivity index (χ3v) is 4.75. The Morgan fingerprint density at radius 3 is 2.94 bits per heavy atom. The first-order valence-electron chi connectivity index (χ1n) is 5.21. The molecule has 0 bridgehead atoms. The fourth-order valence-electron chi connectivity index (χ4n) is 1.60. The first-order chi connectivity index (χ1) is 8.17. The largest absolute Gasteiger partial charge is 0.465 e. The molecule has 0 amide bonds. The van der Waals surface area contributed by atoms with Gasteiger partial charge in [-0.3, -0.25) is 0 Å². The summed E-state index contributed by atoms with van der Waals surface area (Å²) in [6.07, 6.45) is 0.976. The van der Waals surface area contributed by atoms with Crippen molar-refractivity contribution in [2.45, 2.75) is 13.3 Å². The quantitative estimate of drug-likeness (QED) is 0.867. The Morgan fingerprint density at radius 1 is 1.53 bits per heavy atom. The number of anilines is 1. The van der Waals surface area contributed by atoms with Crippen LogP contribution in [0.4, 0.5) is 5.69 Å². The number of esters is 1. The van der Waals surface area contributed by atoms with Crippen LogP contribution in [0.3, 0.4) is 0 Å². The molecule has 5 heteroatoms. The van der Waals surface area contributed by atoms with Gasteiger partial charge < -0.3 is 10.5 Å². The highest BCUT2D eigenvalue weighted by Gasteiger charge is 2.17. The Bertz CT molecular complexity index is 542. The molecule has 0 spiro atoms. The number of nitrogens with two attached hydrogens (primary N) is 1. The van der Waals surface area contributed by atoms with Gasteiger partial charge in [-0.15, -0.1) is 22.7 Å². The van der Waals surface area contributed by atoms with Gasteiger partial charge in [-0.05, 0) is 29.5 Å². The first kappa shape index (κ1) is 12.1. The normalized spacial score (nSPS) is 10.5. The Labute approximate surface area is 108 Å². The topological polar surface area (TPSA) is 52.3 Å². The Hall–Kier alpha value is -1.33. The van der Waals surface area contributed by atoms with E-state index >= 15 is 0 Å². The van der Waals surface area contributed by atoms with Crippen LogP contribution in [0, 0.1) is 0 Å². The molecule has 90 valence electrons. The van der Waals surface area contributed by atoms with E-state index in [0.29, 0.717) is 10.6 Å². The number of aryl methyl sites for hydroxylation is 1. The highest BCUT2D eigenvalue weighted by Crippen LogP contribution is 2.38. The lowest BCUT2D eigenvalue weighted by atomic mass is 10.2. The van der Waals surface area contributed by atoms with Crippen LogP contribution in [0.25, 0.3) is 9.75 Å². The average Bonchev–Trinajstić information content (AvgIpc) is 2.93. The van der Waals surface area contributed by atoms with E-state index in [9.17, 15) is 4.79 Å². The van der Waals surface area contributed by atoms with E-state index < -0.39 is 0 Å². The number of hydrogen-bond acceptors (Lipinski definition) is 5. The van der Waals surface area contributed by atoms with E-state index in [1.807, 2.05) is 6.07 Å². The van der Waals surface area contributed by atoms with Crippen molar-refractivity contribution in [1.82, 2.24) is 0 Å². The molecule has 0 radical (unpaired) electrons. The smallest absolute Gasteiger partial charge is 0.350 e. The number of hydrogen-bond donors (Lipinski definition) is 1.